The average Bonchev–Trinajstić information content (AvgIpc) is 3.26. The highest BCUT2D eigenvalue weighted by molar-refractivity contribution is 7.91. The number of carbonyl (C=O) groups excluding carboxylic acids is 2. The molecule has 11 nitrogen and oxygen atoms in total. The summed E-state index contributed by atoms with van der Waals surface area (Å²) in [7, 11) is -3.79. The highest BCUT2D eigenvalue weighted by atomic mass is 32.2. The van der Waals surface area contributed by atoms with Crippen LogP contribution in [0.5, 0.6) is 0 Å². The van der Waals surface area contributed by atoms with Crippen molar-refractivity contribution in [2.24, 2.45) is 11.3 Å². The number of sulfonamides is 1. The van der Waals surface area contributed by atoms with Gasteiger partial charge in [-0.15, -0.1) is 11.3 Å². The molecule has 0 bridgehead atoms. The molecule has 13 heteroatoms. The van der Waals surface area contributed by atoms with Crippen molar-refractivity contribution in [3.05, 3.63) is 32.9 Å². The first kappa shape index (κ1) is 26.8. The van der Waals surface area contributed by atoms with Crippen molar-refractivity contribution in [1.29, 1.82) is 0 Å². The number of aromatic amines is 1. The molecule has 2 aromatic rings. The van der Waals surface area contributed by atoms with Crippen LogP contribution in [0.15, 0.2) is 21.1 Å². The molecule has 0 fully saturated rings. The minimum atomic E-state index is -3.79. The van der Waals surface area contributed by atoms with Crippen molar-refractivity contribution in [1.82, 2.24) is 14.7 Å². The number of hydrogen-bond acceptors (Lipinski definition) is 9. The number of rotatable bonds is 9. The van der Waals surface area contributed by atoms with E-state index in [9.17, 15) is 22.8 Å². The number of thiophene rings is 1. The second kappa shape index (κ2) is 10.9. The van der Waals surface area contributed by atoms with E-state index >= 15 is 0 Å². The average molecular weight is 526 g/mol. The van der Waals surface area contributed by atoms with Crippen LogP contribution in [0.4, 0.5) is 11.8 Å². The summed E-state index contributed by atoms with van der Waals surface area (Å²) >= 11 is 1.15. The van der Waals surface area contributed by atoms with Gasteiger partial charge in [0.1, 0.15) is 16.6 Å². The maximum absolute atomic E-state index is 12.6. The van der Waals surface area contributed by atoms with Crippen LogP contribution in [0.2, 0.25) is 0 Å². The highest BCUT2D eigenvalue weighted by Crippen LogP contribution is 2.27. The number of anilines is 2. The minimum absolute atomic E-state index is 0.114. The molecule has 3 rings (SSSR count). The van der Waals surface area contributed by atoms with E-state index in [4.69, 9.17) is 4.74 Å². The monoisotopic (exact) mass is 525 g/mol. The second-order valence-electron chi connectivity index (χ2n) is 9.29. The van der Waals surface area contributed by atoms with E-state index in [1.165, 1.54) is 6.07 Å². The molecule has 0 saturated heterocycles. The van der Waals surface area contributed by atoms with Crippen LogP contribution < -0.4 is 20.9 Å². The predicted octanol–water partition coefficient (Wildman–Crippen LogP) is 1.87. The van der Waals surface area contributed by atoms with Gasteiger partial charge in [-0.1, -0.05) is 20.8 Å². The smallest absolute Gasteiger partial charge is 0.321 e. The van der Waals surface area contributed by atoms with Gasteiger partial charge in [0.15, 0.2) is 0 Å². The van der Waals surface area contributed by atoms with Crippen molar-refractivity contribution < 1.29 is 22.7 Å². The van der Waals surface area contributed by atoms with Crippen LogP contribution in [-0.4, -0.2) is 50.0 Å². The number of ether oxygens (including phenoxy) is 1. The van der Waals surface area contributed by atoms with Crippen LogP contribution in [0.1, 0.15) is 44.6 Å². The lowest BCUT2D eigenvalue weighted by atomic mass is 9.92. The zero-order valence-corrected chi connectivity index (χ0v) is 21.8. The number of aryl methyl sites for hydroxylation is 1. The van der Waals surface area contributed by atoms with E-state index in [0.717, 1.165) is 22.6 Å². The first-order chi connectivity index (χ1) is 16.4. The zero-order chi connectivity index (χ0) is 25.8. The number of esters is 1. The third kappa shape index (κ3) is 7.12. The summed E-state index contributed by atoms with van der Waals surface area (Å²) in [5.74, 6) is -0.145. The van der Waals surface area contributed by atoms with Gasteiger partial charge in [0.05, 0.1) is 12.2 Å². The Labute approximate surface area is 208 Å². The van der Waals surface area contributed by atoms with Crippen molar-refractivity contribution in [2.45, 2.75) is 51.2 Å². The molecule has 1 atom stereocenters. The molecule has 1 aliphatic rings. The van der Waals surface area contributed by atoms with Crippen LogP contribution >= 0.6 is 11.3 Å². The number of fused-ring (bicyclic) bond motifs is 1. The van der Waals surface area contributed by atoms with Crippen LogP contribution in [0, 0.1) is 11.3 Å². The Morgan fingerprint density at radius 3 is 2.71 bits per heavy atom. The third-order valence-corrected chi connectivity index (χ3v) is 8.43. The number of aromatic nitrogens is 2. The van der Waals surface area contributed by atoms with Gasteiger partial charge in [-0.2, -0.15) is 9.71 Å². The molecule has 1 amide bonds. The number of nitrogens with one attached hydrogen (secondary N) is 4. The van der Waals surface area contributed by atoms with Crippen molar-refractivity contribution in [2.75, 3.05) is 30.3 Å². The molecule has 1 unspecified atom stereocenters. The molecule has 192 valence electrons. The topological polar surface area (TPSA) is 159 Å². The number of amides is 1. The maximum Gasteiger partial charge on any atom is 0.321 e. The standard InChI is InChI=1S/C22H31N5O6S2/c1-5-33-16(28)12-24-35(31,32)17-9-8-14(34-17)7-6-13-10-15-18(23-11-13)25-21(26-19(15)29)27-20(30)22(2,3)4/h8-9,13,24H,5-7,10-12H2,1-4H3,(H3,23,25,26,27,29,30). The van der Waals surface area contributed by atoms with Crippen LogP contribution in [0.25, 0.3) is 0 Å². The number of H-pyrrole nitrogens is 1. The van der Waals surface area contributed by atoms with E-state index in [0.29, 0.717) is 30.8 Å². The third-order valence-electron chi connectivity index (χ3n) is 5.39. The molecule has 3 heterocycles. The minimum Gasteiger partial charge on any atom is -0.465 e. The molecule has 4 N–H and O–H groups in total. The Hall–Kier alpha value is -2.77. The molecule has 1 aliphatic heterocycles. The summed E-state index contributed by atoms with van der Waals surface area (Å²) in [6.45, 7) is 7.33. The lowest BCUT2D eigenvalue weighted by molar-refractivity contribution is -0.141. The van der Waals surface area contributed by atoms with Crippen molar-refractivity contribution >= 4 is 45.0 Å². The lowest BCUT2D eigenvalue weighted by Crippen LogP contribution is -2.33. The van der Waals surface area contributed by atoms with Crippen LogP contribution in [-0.2, 0) is 37.2 Å². The van der Waals surface area contributed by atoms with Gasteiger partial charge < -0.3 is 10.1 Å². The number of carbonyl (C=O) groups is 2. The summed E-state index contributed by atoms with van der Waals surface area (Å²) < 4.78 is 31.9. The van der Waals surface area contributed by atoms with Gasteiger partial charge >= 0.3 is 5.97 Å². The fourth-order valence-electron chi connectivity index (χ4n) is 3.41. The normalized spacial score (nSPS) is 15.7. The Morgan fingerprint density at radius 2 is 2.03 bits per heavy atom. The van der Waals surface area contributed by atoms with Gasteiger partial charge in [0.25, 0.3) is 15.6 Å². The van der Waals surface area contributed by atoms with E-state index in [2.05, 4.69) is 25.3 Å². The first-order valence-corrected chi connectivity index (χ1v) is 13.6. The molecule has 35 heavy (non-hydrogen) atoms. The van der Waals surface area contributed by atoms with E-state index in [1.807, 2.05) is 0 Å². The molecule has 0 aliphatic carbocycles. The zero-order valence-electron chi connectivity index (χ0n) is 20.2. The van der Waals surface area contributed by atoms with E-state index in [1.54, 1.807) is 33.8 Å². The Balaban J connectivity index is 1.58. The maximum atomic E-state index is 12.6. The fraction of sp³-hybridized carbons (Fsp3) is 0.545. The molecule has 0 spiro atoms. The summed E-state index contributed by atoms with van der Waals surface area (Å²) in [5.41, 5.74) is -0.383. The largest absolute Gasteiger partial charge is 0.465 e. The molecular weight excluding hydrogens is 494 g/mol. The van der Waals surface area contributed by atoms with Crippen molar-refractivity contribution in [3.63, 3.8) is 0 Å². The molecule has 2 aromatic heterocycles. The summed E-state index contributed by atoms with van der Waals surface area (Å²) in [6.07, 6.45) is 1.91. The van der Waals surface area contributed by atoms with E-state index in [-0.39, 0.29) is 34.1 Å². The quantitative estimate of drug-likeness (QED) is 0.361. The van der Waals surface area contributed by atoms with Crippen molar-refractivity contribution in [3.8, 4) is 0 Å². The van der Waals surface area contributed by atoms with Gasteiger partial charge in [-0.25, -0.2) is 8.42 Å². The van der Waals surface area contributed by atoms with E-state index < -0.39 is 28.0 Å². The van der Waals surface area contributed by atoms with Gasteiger partial charge in [-0.3, -0.25) is 24.7 Å². The van der Waals surface area contributed by atoms with Gasteiger partial charge in [0.2, 0.25) is 11.9 Å². The Morgan fingerprint density at radius 1 is 1.29 bits per heavy atom. The summed E-state index contributed by atoms with van der Waals surface area (Å²) in [5, 5.41) is 5.82. The Kier molecular flexibility index (Phi) is 8.34. The van der Waals surface area contributed by atoms with Gasteiger partial charge in [-0.05, 0) is 44.2 Å². The van der Waals surface area contributed by atoms with Gasteiger partial charge in [0, 0.05) is 16.8 Å². The predicted molar refractivity (Wildman–Crippen MR) is 133 cm³/mol. The molecule has 0 radical (unpaired) electrons. The highest BCUT2D eigenvalue weighted by Gasteiger charge is 2.26. The fourth-order valence-corrected chi connectivity index (χ4v) is 5.80. The summed E-state index contributed by atoms with van der Waals surface area (Å²) in [4.78, 5) is 44.1. The lowest BCUT2D eigenvalue weighted by Gasteiger charge is -2.25. The Bertz CT molecular complexity index is 1250. The number of nitrogens with zero attached hydrogens (tertiary/aromatic N) is 1. The second-order valence-corrected chi connectivity index (χ2v) is 12.4. The SMILES string of the molecule is CCOC(=O)CNS(=O)(=O)c1ccc(CCC2CNc3nc(NC(=O)C(C)(C)C)[nH]c(=O)c3C2)s1. The summed E-state index contributed by atoms with van der Waals surface area (Å²) in [6, 6.07) is 3.27. The van der Waals surface area contributed by atoms with Crippen LogP contribution in [0.3, 0.4) is 0 Å². The molecular formula is C22H31N5O6S2. The molecule has 0 saturated carbocycles. The molecule has 0 aromatic carbocycles. The first-order valence-electron chi connectivity index (χ1n) is 11.3. The number of hydrogen-bond donors (Lipinski definition) is 4.